The number of carbonyl (C=O) groups excluding carboxylic acids is 3. The molecule has 4 N–H and O–H groups in total. The van der Waals surface area contributed by atoms with Crippen molar-refractivity contribution in [1.82, 2.24) is 16.2 Å². The number of nitrogens with one attached hydrogen (secondary N) is 3. The predicted molar refractivity (Wildman–Crippen MR) is 96.1 cm³/mol. The number of amides is 3. The van der Waals surface area contributed by atoms with Gasteiger partial charge in [-0.15, -0.1) is 0 Å². The lowest BCUT2D eigenvalue weighted by Gasteiger charge is -2.18. The van der Waals surface area contributed by atoms with Crippen LogP contribution >= 0.6 is 0 Å². The molecule has 1 atom stereocenters. The predicted octanol–water partition coefficient (Wildman–Crippen LogP) is 1.73. The molecule has 136 valence electrons. The van der Waals surface area contributed by atoms with Gasteiger partial charge in [-0.3, -0.25) is 25.2 Å². The topological polar surface area (TPSA) is 108 Å². The first-order valence-electron chi connectivity index (χ1n) is 8.07. The Labute approximate surface area is 151 Å². The van der Waals surface area contributed by atoms with Gasteiger partial charge in [-0.1, -0.05) is 42.0 Å². The van der Waals surface area contributed by atoms with Gasteiger partial charge < -0.3 is 10.4 Å². The molecule has 0 spiro atoms. The van der Waals surface area contributed by atoms with E-state index in [1.165, 1.54) is 19.1 Å². The van der Waals surface area contributed by atoms with Crippen molar-refractivity contribution in [1.29, 1.82) is 0 Å². The van der Waals surface area contributed by atoms with Crippen molar-refractivity contribution in [2.75, 3.05) is 0 Å². The van der Waals surface area contributed by atoms with Gasteiger partial charge in [-0.2, -0.15) is 0 Å². The third kappa shape index (κ3) is 5.34. The van der Waals surface area contributed by atoms with Gasteiger partial charge in [0.15, 0.2) is 0 Å². The van der Waals surface area contributed by atoms with E-state index in [2.05, 4.69) is 16.2 Å². The lowest BCUT2D eigenvalue weighted by molar-refractivity contribution is -0.123. The minimum absolute atomic E-state index is 0.0461. The number of hydrogen-bond donors (Lipinski definition) is 4. The Morgan fingerprint density at radius 2 is 1.65 bits per heavy atom. The van der Waals surface area contributed by atoms with Crippen molar-refractivity contribution in [2.45, 2.75) is 26.3 Å². The fraction of sp³-hybridized carbons (Fsp3) is 0.211. The zero-order valence-electron chi connectivity index (χ0n) is 14.6. The van der Waals surface area contributed by atoms with Gasteiger partial charge in [-0.05, 0) is 24.6 Å². The van der Waals surface area contributed by atoms with E-state index in [-0.39, 0.29) is 23.6 Å². The van der Waals surface area contributed by atoms with Gasteiger partial charge in [0.25, 0.3) is 5.91 Å². The molecule has 2 aromatic rings. The lowest BCUT2D eigenvalue weighted by Crippen LogP contribution is -2.43. The molecule has 7 nitrogen and oxygen atoms in total. The average Bonchev–Trinajstić information content (AvgIpc) is 2.60. The van der Waals surface area contributed by atoms with Gasteiger partial charge in [0, 0.05) is 6.92 Å². The second-order valence-electron chi connectivity index (χ2n) is 5.89. The number of phenolic OH excluding ortho intramolecular Hbond substituents is 1. The molecule has 0 bridgehead atoms. The summed E-state index contributed by atoms with van der Waals surface area (Å²) < 4.78 is 0. The molecule has 0 aliphatic heterocycles. The van der Waals surface area contributed by atoms with E-state index in [1.54, 1.807) is 12.1 Å². The Morgan fingerprint density at radius 3 is 2.27 bits per heavy atom. The number of benzene rings is 2. The number of hydrogen-bond acceptors (Lipinski definition) is 4. The van der Waals surface area contributed by atoms with Crippen LogP contribution < -0.4 is 16.2 Å². The van der Waals surface area contributed by atoms with Gasteiger partial charge in [-0.25, -0.2) is 0 Å². The van der Waals surface area contributed by atoms with E-state index in [0.29, 0.717) is 0 Å². The van der Waals surface area contributed by atoms with Crippen LogP contribution in [0.3, 0.4) is 0 Å². The number of rotatable bonds is 5. The maximum atomic E-state index is 12.2. The largest absolute Gasteiger partial charge is 0.507 e. The molecule has 0 saturated carbocycles. The number of phenols is 1. The average molecular weight is 355 g/mol. The molecule has 7 heteroatoms. The van der Waals surface area contributed by atoms with Crippen LogP contribution in [0.2, 0.25) is 0 Å². The summed E-state index contributed by atoms with van der Waals surface area (Å²) in [6.45, 7) is 3.32. The van der Waals surface area contributed by atoms with E-state index in [1.807, 2.05) is 31.2 Å². The molecule has 2 rings (SSSR count). The normalized spacial score (nSPS) is 11.3. The van der Waals surface area contributed by atoms with Crippen LogP contribution in [-0.4, -0.2) is 22.8 Å². The Morgan fingerprint density at radius 1 is 1.00 bits per heavy atom. The lowest BCUT2D eigenvalue weighted by atomic mass is 10.0. The summed E-state index contributed by atoms with van der Waals surface area (Å²) in [4.78, 5) is 35.6. The SMILES string of the molecule is CC(=O)NC(CC(=O)NNC(=O)c1ccccc1O)c1ccc(C)cc1. The minimum Gasteiger partial charge on any atom is -0.507 e. The van der Waals surface area contributed by atoms with Crippen molar-refractivity contribution in [3.63, 3.8) is 0 Å². The van der Waals surface area contributed by atoms with Crippen LogP contribution in [0.25, 0.3) is 0 Å². The maximum absolute atomic E-state index is 12.2. The van der Waals surface area contributed by atoms with E-state index < -0.39 is 17.9 Å². The third-order valence-electron chi connectivity index (χ3n) is 3.71. The fourth-order valence-electron chi connectivity index (χ4n) is 2.39. The van der Waals surface area contributed by atoms with Gasteiger partial charge in [0.05, 0.1) is 18.0 Å². The Balaban J connectivity index is 1.98. The smallest absolute Gasteiger partial charge is 0.273 e. The number of aryl methyl sites for hydroxylation is 1. The van der Waals surface area contributed by atoms with Gasteiger partial charge in [0.1, 0.15) is 5.75 Å². The Bertz CT molecular complexity index is 803. The van der Waals surface area contributed by atoms with Crippen LogP contribution in [0.15, 0.2) is 48.5 Å². The number of carbonyl (C=O) groups is 3. The van der Waals surface area contributed by atoms with Gasteiger partial charge in [0.2, 0.25) is 11.8 Å². The highest BCUT2D eigenvalue weighted by molar-refractivity contribution is 5.97. The molecular formula is C19H21N3O4. The van der Waals surface area contributed by atoms with Crippen molar-refractivity contribution in [2.24, 2.45) is 0 Å². The Hall–Kier alpha value is -3.35. The molecular weight excluding hydrogens is 334 g/mol. The maximum Gasteiger partial charge on any atom is 0.273 e. The fourth-order valence-corrected chi connectivity index (χ4v) is 2.39. The molecule has 3 amide bonds. The first-order chi connectivity index (χ1) is 12.4. The van der Waals surface area contributed by atoms with Crippen LogP contribution in [0.4, 0.5) is 0 Å². The molecule has 0 radical (unpaired) electrons. The standard InChI is InChI=1S/C19H21N3O4/c1-12-7-9-14(10-8-12)16(20-13(2)23)11-18(25)21-22-19(26)15-5-3-4-6-17(15)24/h3-10,16,24H,11H2,1-2H3,(H,20,23)(H,21,25)(H,22,26). The molecule has 0 fully saturated rings. The molecule has 26 heavy (non-hydrogen) atoms. The molecule has 0 heterocycles. The molecule has 0 aromatic heterocycles. The van der Waals surface area contributed by atoms with Crippen LogP contribution in [0, 0.1) is 6.92 Å². The summed E-state index contributed by atoms with van der Waals surface area (Å²) >= 11 is 0. The van der Waals surface area contributed by atoms with Crippen LogP contribution in [-0.2, 0) is 9.59 Å². The second-order valence-corrected chi connectivity index (χ2v) is 5.89. The summed E-state index contributed by atoms with van der Waals surface area (Å²) in [5.41, 5.74) is 6.44. The van der Waals surface area contributed by atoms with E-state index >= 15 is 0 Å². The zero-order chi connectivity index (χ0) is 19.1. The van der Waals surface area contributed by atoms with Crippen molar-refractivity contribution >= 4 is 17.7 Å². The van der Waals surface area contributed by atoms with Crippen molar-refractivity contribution in [3.8, 4) is 5.75 Å². The van der Waals surface area contributed by atoms with E-state index in [4.69, 9.17) is 0 Å². The van der Waals surface area contributed by atoms with Crippen molar-refractivity contribution < 1.29 is 19.5 Å². The van der Waals surface area contributed by atoms with Crippen LogP contribution in [0.5, 0.6) is 5.75 Å². The monoisotopic (exact) mass is 355 g/mol. The summed E-state index contributed by atoms with van der Waals surface area (Å²) in [7, 11) is 0. The number of hydrazine groups is 1. The molecule has 1 unspecified atom stereocenters. The molecule has 0 aliphatic carbocycles. The summed E-state index contributed by atoms with van der Waals surface area (Å²) in [5, 5.41) is 12.4. The van der Waals surface area contributed by atoms with Crippen molar-refractivity contribution in [3.05, 3.63) is 65.2 Å². The number of para-hydroxylation sites is 1. The quantitative estimate of drug-likeness (QED) is 0.613. The second kappa shape index (κ2) is 8.66. The number of aromatic hydroxyl groups is 1. The highest BCUT2D eigenvalue weighted by atomic mass is 16.3. The summed E-state index contributed by atoms with van der Waals surface area (Å²) in [6, 6.07) is 12.9. The summed E-state index contributed by atoms with van der Waals surface area (Å²) in [5.74, 6) is -1.56. The first-order valence-corrected chi connectivity index (χ1v) is 8.07. The zero-order valence-corrected chi connectivity index (χ0v) is 14.6. The summed E-state index contributed by atoms with van der Waals surface area (Å²) in [6.07, 6.45) is -0.0519. The molecule has 0 saturated heterocycles. The van der Waals surface area contributed by atoms with E-state index in [9.17, 15) is 19.5 Å². The first kappa shape index (κ1) is 19.0. The van der Waals surface area contributed by atoms with Gasteiger partial charge >= 0.3 is 0 Å². The highest BCUT2D eigenvalue weighted by Crippen LogP contribution is 2.18. The minimum atomic E-state index is -0.636. The van der Waals surface area contributed by atoms with Crippen LogP contribution in [0.1, 0.15) is 40.9 Å². The molecule has 0 aliphatic rings. The third-order valence-corrected chi connectivity index (χ3v) is 3.71. The highest BCUT2D eigenvalue weighted by Gasteiger charge is 2.18. The van der Waals surface area contributed by atoms with E-state index in [0.717, 1.165) is 11.1 Å². The Kier molecular flexibility index (Phi) is 6.32. The molecule has 2 aromatic carbocycles.